The van der Waals surface area contributed by atoms with Crippen molar-refractivity contribution in [2.45, 2.75) is 6.92 Å². The topological polar surface area (TPSA) is 69.7 Å². The Morgan fingerprint density at radius 1 is 0.677 bits per heavy atom. The molecule has 0 fully saturated rings. The van der Waals surface area contributed by atoms with Gasteiger partial charge in [-0.25, -0.2) is 9.59 Å². The summed E-state index contributed by atoms with van der Waals surface area (Å²) in [6.45, 7) is 1.34. The summed E-state index contributed by atoms with van der Waals surface area (Å²) in [6.07, 6.45) is 5.82. The maximum atomic E-state index is 12.1. The van der Waals surface area contributed by atoms with Gasteiger partial charge in [0.1, 0.15) is 11.5 Å². The first-order valence-corrected chi connectivity index (χ1v) is 9.56. The van der Waals surface area contributed by atoms with Gasteiger partial charge in [-0.15, -0.1) is 0 Å². The number of esters is 2. The predicted molar refractivity (Wildman–Crippen MR) is 119 cm³/mol. The Labute approximate surface area is 180 Å². The molecule has 0 saturated heterocycles. The molecule has 0 atom stereocenters. The van der Waals surface area contributed by atoms with Gasteiger partial charge in [-0.05, 0) is 48.4 Å². The van der Waals surface area contributed by atoms with Gasteiger partial charge in [-0.1, -0.05) is 60.7 Å². The summed E-state index contributed by atoms with van der Waals surface area (Å²) in [4.78, 5) is 36.2. The van der Waals surface area contributed by atoms with E-state index in [4.69, 9.17) is 9.47 Å². The maximum Gasteiger partial charge on any atom is 0.336 e. The van der Waals surface area contributed by atoms with Crippen molar-refractivity contribution in [3.63, 3.8) is 0 Å². The van der Waals surface area contributed by atoms with Crippen molar-refractivity contribution in [1.82, 2.24) is 0 Å². The highest BCUT2D eigenvalue weighted by molar-refractivity contribution is 5.99. The molecule has 0 unspecified atom stereocenters. The van der Waals surface area contributed by atoms with E-state index in [9.17, 15) is 14.4 Å². The fraction of sp³-hybridized carbons (Fsp3) is 0.0385. The normalized spacial score (nSPS) is 10.9. The van der Waals surface area contributed by atoms with E-state index in [-0.39, 0.29) is 22.8 Å². The third-order valence-electron chi connectivity index (χ3n) is 4.18. The standard InChI is InChI=1S/C26H20O5/c1-19(27)23-18-22(30-25(28)16-12-20-8-4-2-5-9-20)14-15-24(23)31-26(29)17-13-21-10-6-3-7-11-21/h2-18H,1H3/b16-12+,17-13+. The number of Topliss-reactive ketones (excluding diaryl/α,β-unsaturated/α-hetero) is 1. The quantitative estimate of drug-likeness (QED) is 0.233. The highest BCUT2D eigenvalue weighted by atomic mass is 16.5. The van der Waals surface area contributed by atoms with Gasteiger partial charge >= 0.3 is 11.9 Å². The van der Waals surface area contributed by atoms with Crippen molar-refractivity contribution in [3.05, 3.63) is 108 Å². The molecule has 3 aromatic rings. The van der Waals surface area contributed by atoms with E-state index >= 15 is 0 Å². The molecule has 31 heavy (non-hydrogen) atoms. The van der Waals surface area contributed by atoms with Crippen molar-refractivity contribution in [3.8, 4) is 11.5 Å². The Morgan fingerprint density at radius 3 is 1.71 bits per heavy atom. The summed E-state index contributed by atoms with van der Waals surface area (Å²) in [5.41, 5.74) is 1.84. The number of rotatable bonds is 7. The second kappa shape index (κ2) is 10.5. The molecule has 0 amide bonds. The first kappa shape index (κ1) is 21.5. The molecule has 0 spiro atoms. The first-order chi connectivity index (χ1) is 15.0. The van der Waals surface area contributed by atoms with Crippen LogP contribution >= 0.6 is 0 Å². The Hall–Kier alpha value is -4.25. The zero-order valence-corrected chi connectivity index (χ0v) is 16.9. The Morgan fingerprint density at radius 2 is 1.19 bits per heavy atom. The lowest BCUT2D eigenvalue weighted by molar-refractivity contribution is -0.130. The first-order valence-electron chi connectivity index (χ1n) is 9.56. The molecule has 0 aliphatic heterocycles. The third kappa shape index (κ3) is 6.65. The lowest BCUT2D eigenvalue weighted by Crippen LogP contribution is -2.09. The Kier molecular flexibility index (Phi) is 7.27. The number of carbonyl (C=O) groups is 3. The van der Waals surface area contributed by atoms with E-state index in [0.29, 0.717) is 0 Å². The summed E-state index contributed by atoms with van der Waals surface area (Å²) < 4.78 is 10.6. The number of ketones is 1. The van der Waals surface area contributed by atoms with E-state index in [1.807, 2.05) is 60.7 Å². The van der Waals surface area contributed by atoms with Crippen LogP contribution in [0.1, 0.15) is 28.4 Å². The number of hydrogen-bond donors (Lipinski definition) is 0. The van der Waals surface area contributed by atoms with Gasteiger partial charge in [0.2, 0.25) is 0 Å². The zero-order chi connectivity index (χ0) is 22.1. The molecule has 0 N–H and O–H groups in total. The van der Waals surface area contributed by atoms with E-state index in [2.05, 4.69) is 0 Å². The molecule has 3 aromatic carbocycles. The molecule has 0 radical (unpaired) electrons. The fourth-order valence-corrected chi connectivity index (χ4v) is 2.69. The Bertz CT molecular complexity index is 1130. The van der Waals surface area contributed by atoms with Crippen molar-refractivity contribution in [1.29, 1.82) is 0 Å². The molecule has 3 rings (SSSR count). The van der Waals surface area contributed by atoms with Crippen LogP contribution in [0.2, 0.25) is 0 Å². The van der Waals surface area contributed by atoms with Gasteiger partial charge in [0, 0.05) is 12.2 Å². The van der Waals surface area contributed by atoms with Gasteiger partial charge < -0.3 is 9.47 Å². The lowest BCUT2D eigenvalue weighted by atomic mass is 10.1. The third-order valence-corrected chi connectivity index (χ3v) is 4.18. The second-order valence-corrected chi connectivity index (χ2v) is 6.54. The molecule has 0 aromatic heterocycles. The van der Waals surface area contributed by atoms with Crippen LogP contribution in [-0.2, 0) is 9.59 Å². The van der Waals surface area contributed by atoms with Gasteiger partial charge in [-0.3, -0.25) is 4.79 Å². The van der Waals surface area contributed by atoms with E-state index < -0.39 is 11.9 Å². The van der Waals surface area contributed by atoms with Crippen LogP contribution in [0.4, 0.5) is 0 Å². The van der Waals surface area contributed by atoms with Crippen molar-refractivity contribution in [2.75, 3.05) is 0 Å². The highest BCUT2D eigenvalue weighted by Gasteiger charge is 2.14. The van der Waals surface area contributed by atoms with Gasteiger partial charge in [0.05, 0.1) is 5.56 Å². The van der Waals surface area contributed by atoms with Gasteiger partial charge in [0.15, 0.2) is 5.78 Å². The summed E-state index contributed by atoms with van der Waals surface area (Å²) in [7, 11) is 0. The molecular weight excluding hydrogens is 392 g/mol. The van der Waals surface area contributed by atoms with Gasteiger partial charge in [-0.2, -0.15) is 0 Å². The Balaban J connectivity index is 1.68. The smallest absolute Gasteiger partial charge is 0.336 e. The lowest BCUT2D eigenvalue weighted by Gasteiger charge is -2.09. The maximum absolute atomic E-state index is 12.1. The monoisotopic (exact) mass is 412 g/mol. The summed E-state index contributed by atoms with van der Waals surface area (Å²) in [6, 6.07) is 22.9. The SMILES string of the molecule is CC(=O)c1cc(OC(=O)/C=C/c2ccccc2)ccc1OC(=O)/C=C/c1ccccc1. The second-order valence-electron chi connectivity index (χ2n) is 6.54. The van der Waals surface area contributed by atoms with Crippen molar-refractivity contribution >= 4 is 29.9 Å². The minimum Gasteiger partial charge on any atom is -0.423 e. The van der Waals surface area contributed by atoms with E-state index in [0.717, 1.165) is 11.1 Å². The van der Waals surface area contributed by atoms with Gasteiger partial charge in [0.25, 0.3) is 0 Å². The fourth-order valence-electron chi connectivity index (χ4n) is 2.69. The number of carbonyl (C=O) groups excluding carboxylic acids is 3. The van der Waals surface area contributed by atoms with Crippen LogP contribution in [-0.4, -0.2) is 17.7 Å². The molecule has 0 aliphatic carbocycles. The van der Waals surface area contributed by atoms with Crippen LogP contribution < -0.4 is 9.47 Å². The minimum atomic E-state index is -0.623. The van der Waals surface area contributed by atoms with E-state index in [1.165, 1.54) is 37.3 Å². The molecule has 5 heteroatoms. The average Bonchev–Trinajstić information content (AvgIpc) is 2.78. The molecule has 154 valence electrons. The van der Waals surface area contributed by atoms with Crippen LogP contribution in [0.5, 0.6) is 11.5 Å². The average molecular weight is 412 g/mol. The molecular formula is C26H20O5. The minimum absolute atomic E-state index is 0.0924. The van der Waals surface area contributed by atoms with Crippen molar-refractivity contribution < 1.29 is 23.9 Å². The number of benzene rings is 3. The van der Waals surface area contributed by atoms with Crippen LogP contribution in [0.25, 0.3) is 12.2 Å². The summed E-state index contributed by atoms with van der Waals surface area (Å²) in [5.74, 6) is -1.27. The number of hydrogen-bond acceptors (Lipinski definition) is 5. The largest absolute Gasteiger partial charge is 0.423 e. The molecule has 0 bridgehead atoms. The molecule has 0 heterocycles. The van der Waals surface area contributed by atoms with Crippen LogP contribution in [0.15, 0.2) is 91.0 Å². The molecule has 5 nitrogen and oxygen atoms in total. The molecule has 0 saturated carbocycles. The number of ether oxygens (including phenoxy) is 2. The zero-order valence-electron chi connectivity index (χ0n) is 16.9. The summed E-state index contributed by atoms with van der Waals surface area (Å²) in [5, 5.41) is 0. The van der Waals surface area contributed by atoms with Crippen LogP contribution in [0, 0.1) is 0 Å². The van der Waals surface area contributed by atoms with E-state index in [1.54, 1.807) is 12.2 Å². The van der Waals surface area contributed by atoms with Crippen molar-refractivity contribution in [2.24, 2.45) is 0 Å². The van der Waals surface area contributed by atoms with Crippen LogP contribution in [0.3, 0.4) is 0 Å². The predicted octanol–water partition coefficient (Wildman–Crippen LogP) is 5.13. The summed E-state index contributed by atoms with van der Waals surface area (Å²) >= 11 is 0. The highest BCUT2D eigenvalue weighted by Crippen LogP contribution is 2.25. The molecule has 0 aliphatic rings.